The van der Waals surface area contributed by atoms with Crippen molar-refractivity contribution in [3.8, 4) is 0 Å². The predicted octanol–water partition coefficient (Wildman–Crippen LogP) is 2.15. The smallest absolute Gasteiger partial charge is 0.337 e. The van der Waals surface area contributed by atoms with Gasteiger partial charge in [0.25, 0.3) is 5.56 Å². The molecule has 1 aromatic heterocycles. The van der Waals surface area contributed by atoms with Crippen LogP contribution in [0.4, 0.5) is 5.69 Å². The van der Waals surface area contributed by atoms with Crippen LogP contribution in [0.2, 0.25) is 5.02 Å². The summed E-state index contributed by atoms with van der Waals surface area (Å²) in [4.78, 5) is 35.8. The van der Waals surface area contributed by atoms with Gasteiger partial charge in [-0.15, -0.1) is 0 Å². The number of carbonyl (C=O) groups is 2. The summed E-state index contributed by atoms with van der Waals surface area (Å²) >= 11 is 5.79. The van der Waals surface area contributed by atoms with Crippen molar-refractivity contribution in [3.63, 3.8) is 0 Å². The molecule has 0 radical (unpaired) electrons. The lowest BCUT2D eigenvalue weighted by Gasteiger charge is -2.09. The van der Waals surface area contributed by atoms with E-state index in [0.717, 1.165) is 16.8 Å². The van der Waals surface area contributed by atoms with Gasteiger partial charge in [-0.25, -0.2) is 17.9 Å². The van der Waals surface area contributed by atoms with Crippen LogP contribution < -0.4 is 10.9 Å². The largest absolute Gasteiger partial charge is 0.465 e. The lowest BCUT2D eigenvalue weighted by Crippen LogP contribution is -2.30. The van der Waals surface area contributed by atoms with Gasteiger partial charge in [0.15, 0.2) is 5.03 Å². The molecule has 1 amide bonds. The molecule has 9 nitrogen and oxygen atoms in total. The Kier molecular flexibility index (Phi) is 6.52. The molecule has 160 valence electrons. The Morgan fingerprint density at radius 3 is 2.29 bits per heavy atom. The highest BCUT2D eigenvalue weighted by Crippen LogP contribution is 2.20. The highest BCUT2D eigenvalue weighted by atomic mass is 35.5. The standard InChI is InChI=1S/C20H16ClN3O6S/c1-30-20(27)13-2-6-15(7-3-13)22-17(25)12-24-19(26)11-10-18(23-24)31(28,29)16-8-4-14(21)5-9-16/h2-11H,12H2,1H3,(H,22,25). The minimum atomic E-state index is -4.01. The number of hydrogen-bond acceptors (Lipinski definition) is 7. The number of aromatic nitrogens is 2. The average molecular weight is 462 g/mol. The molecular formula is C20H16ClN3O6S. The van der Waals surface area contributed by atoms with Gasteiger partial charge in [0.1, 0.15) is 6.54 Å². The molecule has 0 atom stereocenters. The summed E-state index contributed by atoms with van der Waals surface area (Å²) in [7, 11) is -2.76. The van der Waals surface area contributed by atoms with Gasteiger partial charge in [-0.05, 0) is 54.6 Å². The molecule has 11 heteroatoms. The van der Waals surface area contributed by atoms with Crippen LogP contribution in [0, 0.1) is 0 Å². The first-order chi connectivity index (χ1) is 14.7. The van der Waals surface area contributed by atoms with Gasteiger partial charge < -0.3 is 10.1 Å². The highest BCUT2D eigenvalue weighted by Gasteiger charge is 2.21. The molecule has 31 heavy (non-hydrogen) atoms. The first kappa shape index (κ1) is 22.2. The highest BCUT2D eigenvalue weighted by molar-refractivity contribution is 7.91. The van der Waals surface area contributed by atoms with Gasteiger partial charge in [-0.1, -0.05) is 11.6 Å². The summed E-state index contributed by atoms with van der Waals surface area (Å²) in [5.74, 6) is -1.13. The number of hydrogen-bond donors (Lipinski definition) is 1. The van der Waals surface area contributed by atoms with Crippen LogP contribution in [0.3, 0.4) is 0 Å². The lowest BCUT2D eigenvalue weighted by molar-refractivity contribution is -0.117. The van der Waals surface area contributed by atoms with Crippen molar-refractivity contribution in [3.05, 3.63) is 81.6 Å². The van der Waals surface area contributed by atoms with E-state index >= 15 is 0 Å². The van der Waals surface area contributed by atoms with Crippen LogP contribution in [0.15, 0.2) is 75.4 Å². The van der Waals surface area contributed by atoms with E-state index in [1.54, 1.807) is 0 Å². The molecule has 0 saturated carbocycles. The third-order valence-electron chi connectivity index (χ3n) is 4.12. The third-order valence-corrected chi connectivity index (χ3v) is 6.04. The zero-order valence-electron chi connectivity index (χ0n) is 16.1. The number of nitrogens with one attached hydrogen (secondary N) is 1. The second-order valence-electron chi connectivity index (χ2n) is 6.24. The second-order valence-corrected chi connectivity index (χ2v) is 8.57. The van der Waals surface area contributed by atoms with E-state index in [4.69, 9.17) is 11.6 Å². The maximum atomic E-state index is 12.7. The van der Waals surface area contributed by atoms with Crippen LogP contribution in [0.25, 0.3) is 0 Å². The number of amides is 1. The van der Waals surface area contributed by atoms with E-state index in [9.17, 15) is 22.8 Å². The Balaban J connectivity index is 1.79. The van der Waals surface area contributed by atoms with Gasteiger partial charge in [0.2, 0.25) is 15.7 Å². The van der Waals surface area contributed by atoms with Crippen molar-refractivity contribution in [1.29, 1.82) is 0 Å². The van der Waals surface area contributed by atoms with E-state index < -0.39 is 33.8 Å². The monoisotopic (exact) mass is 461 g/mol. The van der Waals surface area contributed by atoms with Crippen molar-refractivity contribution in [1.82, 2.24) is 9.78 Å². The quantitative estimate of drug-likeness (QED) is 0.557. The molecule has 1 heterocycles. The molecule has 0 spiro atoms. The van der Waals surface area contributed by atoms with E-state index in [1.807, 2.05) is 0 Å². The summed E-state index contributed by atoms with van der Waals surface area (Å²) in [5.41, 5.74) is 0.0281. The molecule has 0 aliphatic carbocycles. The number of esters is 1. The number of methoxy groups -OCH3 is 1. The number of carbonyl (C=O) groups excluding carboxylic acids is 2. The number of anilines is 1. The summed E-state index contributed by atoms with van der Waals surface area (Å²) in [6.07, 6.45) is 0. The lowest BCUT2D eigenvalue weighted by atomic mass is 10.2. The van der Waals surface area contributed by atoms with Gasteiger partial charge in [-0.3, -0.25) is 9.59 Å². The number of benzene rings is 2. The average Bonchev–Trinajstić information content (AvgIpc) is 2.75. The van der Waals surface area contributed by atoms with Crippen molar-refractivity contribution < 1.29 is 22.7 Å². The number of ether oxygens (including phenoxy) is 1. The number of rotatable bonds is 6. The van der Waals surface area contributed by atoms with Gasteiger partial charge >= 0.3 is 5.97 Å². The fraction of sp³-hybridized carbons (Fsp3) is 0.100. The van der Waals surface area contributed by atoms with Crippen molar-refractivity contribution in [2.24, 2.45) is 0 Å². The summed E-state index contributed by atoms with van der Waals surface area (Å²) < 4.78 is 30.8. The zero-order chi connectivity index (χ0) is 22.6. The van der Waals surface area contributed by atoms with E-state index in [1.165, 1.54) is 55.6 Å². The van der Waals surface area contributed by atoms with Crippen molar-refractivity contribution in [2.75, 3.05) is 12.4 Å². The van der Waals surface area contributed by atoms with Crippen molar-refractivity contribution in [2.45, 2.75) is 16.5 Å². The Hall–Kier alpha value is -3.50. The Morgan fingerprint density at radius 2 is 1.68 bits per heavy atom. The Bertz CT molecular complexity index is 1290. The molecule has 0 bridgehead atoms. The number of nitrogens with zero attached hydrogens (tertiary/aromatic N) is 2. The molecule has 3 rings (SSSR count). The van der Waals surface area contributed by atoms with Gasteiger partial charge in [-0.2, -0.15) is 5.10 Å². The van der Waals surface area contributed by atoms with Crippen LogP contribution in [-0.4, -0.2) is 37.2 Å². The minimum absolute atomic E-state index is 0.0512. The SMILES string of the molecule is COC(=O)c1ccc(NC(=O)Cn2nc(S(=O)(=O)c3ccc(Cl)cc3)ccc2=O)cc1. The second kappa shape index (κ2) is 9.11. The Morgan fingerprint density at radius 1 is 1.03 bits per heavy atom. The zero-order valence-corrected chi connectivity index (χ0v) is 17.7. The van der Waals surface area contributed by atoms with E-state index in [0.29, 0.717) is 16.3 Å². The molecule has 0 fully saturated rings. The minimum Gasteiger partial charge on any atom is -0.465 e. The molecule has 1 N–H and O–H groups in total. The molecule has 0 aliphatic rings. The summed E-state index contributed by atoms with van der Waals surface area (Å²) in [5, 5.41) is 6.36. The fourth-order valence-corrected chi connectivity index (χ4v) is 3.88. The van der Waals surface area contributed by atoms with Crippen LogP contribution >= 0.6 is 11.6 Å². The molecule has 0 aliphatic heterocycles. The van der Waals surface area contributed by atoms with E-state index in [-0.39, 0.29) is 9.92 Å². The molecule has 2 aromatic carbocycles. The topological polar surface area (TPSA) is 124 Å². The first-order valence-electron chi connectivity index (χ1n) is 8.78. The van der Waals surface area contributed by atoms with Crippen LogP contribution in [0.5, 0.6) is 0 Å². The summed E-state index contributed by atoms with van der Waals surface area (Å²) in [6.45, 7) is -0.512. The number of halogens is 1. The van der Waals surface area contributed by atoms with Crippen LogP contribution in [0.1, 0.15) is 10.4 Å². The van der Waals surface area contributed by atoms with Gasteiger partial charge in [0, 0.05) is 16.8 Å². The summed E-state index contributed by atoms with van der Waals surface area (Å²) in [6, 6.07) is 13.5. The normalized spacial score (nSPS) is 11.0. The molecule has 3 aromatic rings. The number of sulfone groups is 1. The molecule has 0 saturated heterocycles. The first-order valence-corrected chi connectivity index (χ1v) is 10.6. The molecule has 0 unspecified atom stereocenters. The van der Waals surface area contributed by atoms with Crippen molar-refractivity contribution >= 4 is 39.0 Å². The maximum absolute atomic E-state index is 12.7. The Labute approximate surface area is 182 Å². The van der Waals surface area contributed by atoms with Crippen LogP contribution in [-0.2, 0) is 25.9 Å². The fourth-order valence-electron chi connectivity index (χ4n) is 2.57. The molecular weight excluding hydrogens is 446 g/mol. The maximum Gasteiger partial charge on any atom is 0.337 e. The predicted molar refractivity (Wildman–Crippen MR) is 112 cm³/mol. The third kappa shape index (κ3) is 5.16. The van der Waals surface area contributed by atoms with Gasteiger partial charge in [0.05, 0.1) is 17.6 Å². The van der Waals surface area contributed by atoms with E-state index in [2.05, 4.69) is 15.2 Å².